The van der Waals surface area contributed by atoms with E-state index >= 15 is 0 Å². The second-order valence-corrected chi connectivity index (χ2v) is 6.71. The van der Waals surface area contributed by atoms with Crippen LogP contribution in [0.4, 0.5) is 11.4 Å². The van der Waals surface area contributed by atoms with Crippen molar-refractivity contribution in [3.05, 3.63) is 33.9 Å². The Morgan fingerprint density at radius 1 is 1.20 bits per heavy atom. The lowest BCUT2D eigenvalue weighted by molar-refractivity contribution is -0.384. The Morgan fingerprint density at radius 2 is 1.75 bits per heavy atom. The van der Waals surface area contributed by atoms with E-state index < -0.39 is 0 Å². The van der Waals surface area contributed by atoms with Gasteiger partial charge in [-0.05, 0) is 46.2 Å². The highest BCUT2D eigenvalue weighted by Crippen LogP contribution is 2.33. The molecule has 0 spiro atoms. The van der Waals surface area contributed by atoms with Crippen LogP contribution in [0.15, 0.2) is 18.2 Å². The maximum absolute atomic E-state index is 10.8. The first-order valence-electron chi connectivity index (χ1n) is 6.80. The molecule has 0 bridgehead atoms. The normalized spacial score (nSPS) is 20.8. The van der Waals surface area contributed by atoms with E-state index in [9.17, 15) is 10.1 Å². The van der Waals surface area contributed by atoms with E-state index in [2.05, 4.69) is 32.6 Å². The van der Waals surface area contributed by atoms with Crippen LogP contribution in [0.25, 0.3) is 0 Å². The molecule has 110 valence electrons. The van der Waals surface area contributed by atoms with E-state index in [0.29, 0.717) is 0 Å². The lowest BCUT2D eigenvalue weighted by atomic mass is 9.97. The van der Waals surface area contributed by atoms with Crippen LogP contribution in [-0.2, 0) is 4.74 Å². The number of nitro benzene ring substituents is 1. The van der Waals surface area contributed by atoms with Gasteiger partial charge in [0.25, 0.3) is 5.69 Å². The highest BCUT2D eigenvalue weighted by atomic mass is 16.6. The smallest absolute Gasteiger partial charge is 0.269 e. The van der Waals surface area contributed by atoms with Crippen molar-refractivity contribution in [2.75, 3.05) is 18.0 Å². The van der Waals surface area contributed by atoms with E-state index in [4.69, 9.17) is 4.74 Å². The van der Waals surface area contributed by atoms with Gasteiger partial charge in [0.1, 0.15) is 0 Å². The van der Waals surface area contributed by atoms with E-state index in [0.717, 1.165) is 24.3 Å². The molecule has 20 heavy (non-hydrogen) atoms. The number of rotatable bonds is 2. The monoisotopic (exact) mass is 278 g/mol. The maximum atomic E-state index is 10.8. The van der Waals surface area contributed by atoms with Crippen LogP contribution in [0.2, 0.25) is 0 Å². The highest BCUT2D eigenvalue weighted by Gasteiger charge is 2.38. The fourth-order valence-electron chi connectivity index (χ4n) is 3.07. The molecule has 1 aromatic rings. The number of ether oxygens (including phenoxy) is 1. The fraction of sp³-hybridized carbons (Fsp3) is 0.600. The van der Waals surface area contributed by atoms with E-state index in [1.165, 1.54) is 0 Å². The Labute approximate surface area is 119 Å². The third-order valence-electron chi connectivity index (χ3n) is 3.43. The molecular formula is C15H22N2O3. The predicted molar refractivity (Wildman–Crippen MR) is 79.3 cm³/mol. The van der Waals surface area contributed by atoms with Gasteiger partial charge in [-0.3, -0.25) is 10.1 Å². The molecule has 1 aliphatic rings. The topological polar surface area (TPSA) is 55.6 Å². The van der Waals surface area contributed by atoms with Crippen LogP contribution >= 0.6 is 0 Å². The third-order valence-corrected chi connectivity index (χ3v) is 3.43. The Bertz CT molecular complexity index is 522. The summed E-state index contributed by atoms with van der Waals surface area (Å²) in [6.07, 6.45) is 0. The van der Waals surface area contributed by atoms with Crippen LogP contribution in [0.3, 0.4) is 0 Å². The summed E-state index contributed by atoms with van der Waals surface area (Å²) in [5.74, 6) is 0. The van der Waals surface area contributed by atoms with Gasteiger partial charge < -0.3 is 9.64 Å². The van der Waals surface area contributed by atoms with Crippen molar-refractivity contribution < 1.29 is 9.66 Å². The summed E-state index contributed by atoms with van der Waals surface area (Å²) in [6.45, 7) is 11.7. The van der Waals surface area contributed by atoms with Gasteiger partial charge in [-0.1, -0.05) is 0 Å². The largest absolute Gasteiger partial charge is 0.366 e. The van der Waals surface area contributed by atoms with Gasteiger partial charge in [-0.15, -0.1) is 0 Å². The molecule has 1 aromatic carbocycles. The van der Waals surface area contributed by atoms with Crippen LogP contribution in [0.1, 0.15) is 33.3 Å². The molecule has 0 radical (unpaired) electrons. The van der Waals surface area contributed by atoms with Crippen LogP contribution < -0.4 is 4.90 Å². The molecule has 0 aliphatic carbocycles. The van der Waals surface area contributed by atoms with E-state index in [-0.39, 0.29) is 21.8 Å². The molecule has 0 amide bonds. The number of nitrogens with zero attached hydrogens (tertiary/aromatic N) is 2. The molecule has 1 saturated heterocycles. The number of morpholine rings is 1. The molecule has 0 atom stereocenters. The van der Waals surface area contributed by atoms with Crippen molar-refractivity contribution in [3.63, 3.8) is 0 Å². The SMILES string of the molecule is Cc1cc([N+](=O)[O-])ccc1N1CC(C)(C)OC(C)(C)C1. The Morgan fingerprint density at radius 3 is 2.20 bits per heavy atom. The second-order valence-electron chi connectivity index (χ2n) is 6.71. The van der Waals surface area contributed by atoms with Gasteiger partial charge in [-0.2, -0.15) is 0 Å². The minimum Gasteiger partial charge on any atom is -0.366 e. The van der Waals surface area contributed by atoms with Crippen molar-refractivity contribution >= 4 is 11.4 Å². The number of benzene rings is 1. The Kier molecular flexibility index (Phi) is 3.50. The van der Waals surface area contributed by atoms with E-state index in [1.807, 2.05) is 13.0 Å². The van der Waals surface area contributed by atoms with Gasteiger partial charge in [0.2, 0.25) is 0 Å². The zero-order valence-electron chi connectivity index (χ0n) is 12.8. The summed E-state index contributed by atoms with van der Waals surface area (Å²) in [5, 5.41) is 10.8. The molecule has 0 unspecified atom stereocenters. The zero-order chi connectivity index (χ0) is 15.1. The summed E-state index contributed by atoms with van der Waals surface area (Å²) < 4.78 is 6.06. The van der Waals surface area contributed by atoms with Crippen molar-refractivity contribution in [3.8, 4) is 0 Å². The van der Waals surface area contributed by atoms with Crippen LogP contribution in [0, 0.1) is 17.0 Å². The molecular weight excluding hydrogens is 256 g/mol. The number of nitro groups is 1. The molecule has 1 heterocycles. The number of aryl methyl sites for hydroxylation is 1. The molecule has 0 saturated carbocycles. The summed E-state index contributed by atoms with van der Waals surface area (Å²) in [7, 11) is 0. The minimum absolute atomic E-state index is 0.137. The minimum atomic E-state index is -0.357. The highest BCUT2D eigenvalue weighted by molar-refractivity contribution is 5.58. The first-order chi connectivity index (χ1) is 9.10. The van der Waals surface area contributed by atoms with Crippen molar-refractivity contribution in [2.45, 2.75) is 45.8 Å². The molecule has 5 heteroatoms. The number of hydrogen-bond acceptors (Lipinski definition) is 4. The lowest BCUT2D eigenvalue weighted by Crippen LogP contribution is -2.57. The van der Waals surface area contributed by atoms with Crippen molar-refractivity contribution in [1.82, 2.24) is 0 Å². The molecule has 2 rings (SSSR count). The van der Waals surface area contributed by atoms with Crippen LogP contribution in [-0.4, -0.2) is 29.2 Å². The fourth-order valence-corrected chi connectivity index (χ4v) is 3.07. The van der Waals surface area contributed by atoms with Crippen LogP contribution in [0.5, 0.6) is 0 Å². The summed E-state index contributed by atoms with van der Waals surface area (Å²) in [4.78, 5) is 12.7. The first kappa shape index (κ1) is 14.8. The van der Waals surface area contributed by atoms with Gasteiger partial charge >= 0.3 is 0 Å². The van der Waals surface area contributed by atoms with Gasteiger partial charge in [-0.25, -0.2) is 0 Å². The number of non-ortho nitro benzene ring substituents is 1. The summed E-state index contributed by atoms with van der Waals surface area (Å²) in [6, 6.07) is 5.04. The van der Waals surface area contributed by atoms with E-state index in [1.54, 1.807) is 12.1 Å². The predicted octanol–water partition coefficient (Wildman–Crippen LogP) is 3.30. The van der Waals surface area contributed by atoms with Crippen molar-refractivity contribution in [1.29, 1.82) is 0 Å². The molecule has 1 aliphatic heterocycles. The Balaban J connectivity index is 2.34. The quantitative estimate of drug-likeness (QED) is 0.615. The number of hydrogen-bond donors (Lipinski definition) is 0. The molecule has 5 nitrogen and oxygen atoms in total. The number of anilines is 1. The van der Waals surface area contributed by atoms with Crippen molar-refractivity contribution in [2.24, 2.45) is 0 Å². The summed E-state index contributed by atoms with van der Waals surface area (Å²) >= 11 is 0. The molecule has 1 fully saturated rings. The molecule has 0 aromatic heterocycles. The average molecular weight is 278 g/mol. The van der Waals surface area contributed by atoms with Gasteiger partial charge in [0.05, 0.1) is 16.1 Å². The van der Waals surface area contributed by atoms with Gasteiger partial charge in [0.15, 0.2) is 0 Å². The summed E-state index contributed by atoms with van der Waals surface area (Å²) in [5.41, 5.74) is 1.62. The maximum Gasteiger partial charge on any atom is 0.269 e. The van der Waals surface area contributed by atoms with Gasteiger partial charge in [0, 0.05) is 30.9 Å². The standard InChI is InChI=1S/C15H22N2O3/c1-11-8-12(17(18)19)6-7-13(11)16-9-14(2,3)20-15(4,5)10-16/h6-8H,9-10H2,1-5H3. The lowest BCUT2D eigenvalue weighted by Gasteiger charge is -2.48. The average Bonchev–Trinajstić information content (AvgIpc) is 2.24. The second kappa shape index (κ2) is 4.74. The zero-order valence-corrected chi connectivity index (χ0v) is 12.8. The first-order valence-corrected chi connectivity index (χ1v) is 6.80. The third kappa shape index (κ3) is 3.10. The molecule has 0 N–H and O–H groups in total. The Hall–Kier alpha value is -1.62.